The van der Waals surface area contributed by atoms with E-state index in [0.29, 0.717) is 23.3 Å². The topological polar surface area (TPSA) is 34.0 Å². The van der Waals surface area contributed by atoms with Gasteiger partial charge < -0.3 is 9.88 Å². The van der Waals surface area contributed by atoms with Crippen LogP contribution in [0.25, 0.3) is 10.9 Å². The summed E-state index contributed by atoms with van der Waals surface area (Å²) in [5.41, 5.74) is 1.93. The van der Waals surface area contributed by atoms with E-state index in [4.69, 9.17) is 11.6 Å². The predicted octanol–water partition coefficient (Wildman–Crippen LogP) is 6.64. The quantitative estimate of drug-likeness (QED) is 0.565. The lowest BCUT2D eigenvalue weighted by molar-refractivity contribution is -0.116. The van der Waals surface area contributed by atoms with Crippen molar-refractivity contribution in [1.29, 1.82) is 0 Å². The molecule has 1 saturated carbocycles. The average molecular weight is 375 g/mol. The van der Waals surface area contributed by atoms with Gasteiger partial charge in [0.25, 0.3) is 0 Å². The zero-order valence-corrected chi connectivity index (χ0v) is 16.8. The van der Waals surface area contributed by atoms with Gasteiger partial charge in [-0.15, -0.1) is 0 Å². The minimum Gasteiger partial charge on any atom is -0.345 e. The summed E-state index contributed by atoms with van der Waals surface area (Å²) in [7, 11) is 0. The van der Waals surface area contributed by atoms with Crippen LogP contribution in [-0.2, 0) is 11.3 Å². The summed E-state index contributed by atoms with van der Waals surface area (Å²) in [6.45, 7) is 5.30. The lowest BCUT2D eigenvalue weighted by Gasteiger charge is -2.13. The molecule has 3 nitrogen and oxygen atoms in total. The second kappa shape index (κ2) is 8.94. The highest BCUT2D eigenvalue weighted by atomic mass is 35.5. The van der Waals surface area contributed by atoms with Crippen LogP contribution in [0.1, 0.15) is 65.2 Å². The molecule has 1 fully saturated rings. The van der Waals surface area contributed by atoms with Crippen molar-refractivity contribution >= 4 is 34.1 Å². The number of hydrogen-bond acceptors (Lipinski definition) is 1. The summed E-state index contributed by atoms with van der Waals surface area (Å²) >= 11 is 6.45. The summed E-state index contributed by atoms with van der Waals surface area (Å²) in [5, 5.41) is 4.78. The number of carbonyl (C=O) groups excluding carboxylic acids is 1. The molecule has 1 aromatic carbocycles. The van der Waals surface area contributed by atoms with Crippen LogP contribution < -0.4 is 5.32 Å². The molecular weight excluding hydrogens is 344 g/mol. The molecular formula is C22H31ClN2O. The van der Waals surface area contributed by atoms with Crippen molar-refractivity contribution < 1.29 is 4.79 Å². The SMILES string of the molecule is CC(C)Cn1cc(NC(=O)CCC2CCCCCC2)c2c(Cl)cccc21. The number of nitrogens with one attached hydrogen (secondary N) is 1. The molecule has 0 unspecified atom stereocenters. The number of nitrogens with zero attached hydrogens (tertiary/aromatic N) is 1. The van der Waals surface area contributed by atoms with Gasteiger partial charge in [0, 0.05) is 24.5 Å². The zero-order chi connectivity index (χ0) is 18.5. The van der Waals surface area contributed by atoms with Crippen molar-refractivity contribution in [3.63, 3.8) is 0 Å². The Labute approximate surface area is 162 Å². The van der Waals surface area contributed by atoms with Gasteiger partial charge in [-0.1, -0.05) is 70.0 Å². The third-order valence-corrected chi connectivity index (χ3v) is 5.76. The number of amides is 1. The van der Waals surface area contributed by atoms with Crippen molar-refractivity contribution in [2.24, 2.45) is 11.8 Å². The smallest absolute Gasteiger partial charge is 0.224 e. The number of hydrogen-bond donors (Lipinski definition) is 1. The van der Waals surface area contributed by atoms with Crippen molar-refractivity contribution in [3.8, 4) is 0 Å². The van der Waals surface area contributed by atoms with E-state index >= 15 is 0 Å². The van der Waals surface area contributed by atoms with Crippen molar-refractivity contribution in [3.05, 3.63) is 29.4 Å². The van der Waals surface area contributed by atoms with Gasteiger partial charge in [-0.25, -0.2) is 0 Å². The lowest BCUT2D eigenvalue weighted by Crippen LogP contribution is -2.13. The third-order valence-electron chi connectivity index (χ3n) is 5.45. The van der Waals surface area contributed by atoms with Gasteiger partial charge in [0.05, 0.1) is 16.2 Å². The lowest BCUT2D eigenvalue weighted by atomic mass is 9.95. The number of benzene rings is 1. The Bertz CT molecular complexity index is 742. The molecule has 142 valence electrons. The molecule has 1 aliphatic carbocycles. The largest absolute Gasteiger partial charge is 0.345 e. The molecule has 0 radical (unpaired) electrons. The second-order valence-corrected chi connectivity index (χ2v) is 8.57. The molecule has 0 bridgehead atoms. The van der Waals surface area contributed by atoms with E-state index in [2.05, 4.69) is 29.8 Å². The first kappa shape index (κ1) is 19.3. The molecule has 0 saturated heterocycles. The number of carbonyl (C=O) groups is 1. The Kier molecular flexibility index (Phi) is 6.63. The predicted molar refractivity (Wildman–Crippen MR) is 111 cm³/mol. The third kappa shape index (κ3) is 4.82. The van der Waals surface area contributed by atoms with Crippen LogP contribution in [0.5, 0.6) is 0 Å². The summed E-state index contributed by atoms with van der Waals surface area (Å²) < 4.78 is 2.20. The van der Waals surface area contributed by atoms with E-state index in [1.54, 1.807) is 0 Å². The normalized spacial score (nSPS) is 16.2. The molecule has 1 aromatic heterocycles. The highest BCUT2D eigenvalue weighted by molar-refractivity contribution is 6.36. The fourth-order valence-electron chi connectivity index (χ4n) is 4.15. The first-order valence-electron chi connectivity index (χ1n) is 10.1. The van der Waals surface area contributed by atoms with Gasteiger partial charge >= 0.3 is 0 Å². The van der Waals surface area contributed by atoms with E-state index in [9.17, 15) is 4.79 Å². The van der Waals surface area contributed by atoms with Crippen LogP contribution in [0, 0.1) is 11.8 Å². The number of aromatic nitrogens is 1. The van der Waals surface area contributed by atoms with Crippen LogP contribution in [-0.4, -0.2) is 10.5 Å². The zero-order valence-electron chi connectivity index (χ0n) is 16.1. The molecule has 2 aromatic rings. The highest BCUT2D eigenvalue weighted by Gasteiger charge is 2.17. The van der Waals surface area contributed by atoms with Gasteiger partial charge in [0.15, 0.2) is 0 Å². The number of rotatable bonds is 6. The van der Waals surface area contributed by atoms with Crippen molar-refractivity contribution in [2.45, 2.75) is 71.8 Å². The molecule has 0 atom stereocenters. The molecule has 1 aliphatic rings. The van der Waals surface area contributed by atoms with Crippen LogP contribution in [0.15, 0.2) is 24.4 Å². The van der Waals surface area contributed by atoms with Crippen molar-refractivity contribution in [1.82, 2.24) is 4.57 Å². The van der Waals surface area contributed by atoms with Gasteiger partial charge in [0.2, 0.25) is 5.91 Å². The fraction of sp³-hybridized carbons (Fsp3) is 0.591. The molecule has 1 amide bonds. The summed E-state index contributed by atoms with van der Waals surface area (Å²) in [4.78, 5) is 12.6. The Morgan fingerprint density at radius 3 is 2.65 bits per heavy atom. The minimum atomic E-state index is 0.109. The van der Waals surface area contributed by atoms with Gasteiger partial charge in [0.1, 0.15) is 0 Å². The van der Waals surface area contributed by atoms with Crippen LogP contribution in [0.2, 0.25) is 5.02 Å². The molecule has 4 heteroatoms. The Morgan fingerprint density at radius 2 is 1.96 bits per heavy atom. The van der Waals surface area contributed by atoms with E-state index in [-0.39, 0.29) is 5.91 Å². The summed E-state index contributed by atoms with van der Waals surface area (Å²) in [6.07, 6.45) is 11.6. The molecule has 3 rings (SSSR count). The van der Waals surface area contributed by atoms with Gasteiger partial charge in [-0.2, -0.15) is 0 Å². The first-order valence-corrected chi connectivity index (χ1v) is 10.5. The summed E-state index contributed by atoms with van der Waals surface area (Å²) in [5.74, 6) is 1.36. The van der Waals surface area contributed by atoms with E-state index < -0.39 is 0 Å². The maximum Gasteiger partial charge on any atom is 0.224 e. The number of fused-ring (bicyclic) bond motifs is 1. The van der Waals surface area contributed by atoms with Crippen LogP contribution in [0.3, 0.4) is 0 Å². The monoisotopic (exact) mass is 374 g/mol. The van der Waals surface area contributed by atoms with E-state index in [1.165, 1.54) is 38.5 Å². The molecule has 1 N–H and O–H groups in total. The van der Waals surface area contributed by atoms with Crippen LogP contribution in [0.4, 0.5) is 5.69 Å². The van der Waals surface area contributed by atoms with E-state index in [1.807, 2.05) is 18.3 Å². The second-order valence-electron chi connectivity index (χ2n) is 8.17. The average Bonchev–Trinajstić information content (AvgIpc) is 2.78. The molecule has 1 heterocycles. The van der Waals surface area contributed by atoms with Gasteiger partial charge in [-0.05, 0) is 30.4 Å². The molecule has 26 heavy (non-hydrogen) atoms. The molecule has 0 spiro atoms. The fourth-order valence-corrected chi connectivity index (χ4v) is 4.42. The Morgan fingerprint density at radius 1 is 1.23 bits per heavy atom. The molecule has 0 aliphatic heterocycles. The summed E-state index contributed by atoms with van der Waals surface area (Å²) in [6, 6.07) is 5.94. The maximum atomic E-state index is 12.6. The van der Waals surface area contributed by atoms with Crippen LogP contribution >= 0.6 is 11.6 Å². The Balaban J connectivity index is 1.70. The first-order chi connectivity index (χ1) is 12.5. The number of anilines is 1. The van der Waals surface area contributed by atoms with Crippen molar-refractivity contribution in [2.75, 3.05) is 5.32 Å². The standard InChI is InChI=1S/C22H31ClN2O/c1-16(2)14-25-15-19(22-18(23)10-7-11-20(22)25)24-21(26)13-12-17-8-5-3-4-6-9-17/h7,10-11,15-17H,3-6,8-9,12-14H2,1-2H3,(H,24,26). The highest BCUT2D eigenvalue weighted by Crippen LogP contribution is 2.33. The Hall–Kier alpha value is -1.48. The minimum absolute atomic E-state index is 0.109. The van der Waals surface area contributed by atoms with E-state index in [0.717, 1.165) is 29.6 Å². The maximum absolute atomic E-state index is 12.6. The number of halogens is 1. The van der Waals surface area contributed by atoms with Gasteiger partial charge in [-0.3, -0.25) is 4.79 Å².